The molecule has 0 bridgehead atoms. The molecule has 0 spiro atoms. The van der Waals surface area contributed by atoms with Crippen LogP contribution in [0.3, 0.4) is 0 Å². The number of likely N-dealkylation sites (tertiary alicyclic amines) is 1. The van der Waals surface area contributed by atoms with E-state index in [-0.39, 0.29) is 24.3 Å². The third kappa shape index (κ3) is 3.94. The van der Waals surface area contributed by atoms with Gasteiger partial charge in [-0.2, -0.15) is 5.10 Å². The number of H-pyrrole nitrogens is 1. The van der Waals surface area contributed by atoms with Gasteiger partial charge in [-0.15, -0.1) is 0 Å². The first-order valence-corrected chi connectivity index (χ1v) is 8.75. The molecule has 1 aromatic carbocycles. The van der Waals surface area contributed by atoms with E-state index in [1.807, 2.05) is 41.3 Å². The van der Waals surface area contributed by atoms with Crippen molar-refractivity contribution in [2.24, 2.45) is 0 Å². The number of ether oxygens (including phenoxy) is 1. The molecule has 2 heterocycles. The summed E-state index contributed by atoms with van der Waals surface area (Å²) in [6.07, 6.45) is 1.69. The van der Waals surface area contributed by atoms with Crippen molar-refractivity contribution in [3.8, 4) is 0 Å². The van der Waals surface area contributed by atoms with Gasteiger partial charge in [-0.1, -0.05) is 18.2 Å². The number of carbonyl (C=O) groups is 2. The van der Waals surface area contributed by atoms with Crippen LogP contribution in [0.1, 0.15) is 34.9 Å². The Bertz CT molecular complexity index is 751. The lowest BCUT2D eigenvalue weighted by Gasteiger charge is -2.31. The van der Waals surface area contributed by atoms with Gasteiger partial charge in [0, 0.05) is 44.5 Å². The predicted octanol–water partition coefficient (Wildman–Crippen LogP) is 2.04. The Morgan fingerprint density at radius 3 is 2.62 bits per heavy atom. The molecule has 1 fully saturated rings. The number of amides is 2. The number of methoxy groups -OCH3 is 1. The smallest absolute Gasteiger partial charge is 0.278 e. The maximum atomic E-state index is 12.6. The first-order chi connectivity index (χ1) is 12.6. The van der Waals surface area contributed by atoms with Gasteiger partial charge < -0.3 is 14.5 Å². The van der Waals surface area contributed by atoms with Crippen LogP contribution in [-0.2, 0) is 9.53 Å². The highest BCUT2D eigenvalue weighted by atomic mass is 16.5. The minimum atomic E-state index is -0.147. The lowest BCUT2D eigenvalue weighted by molar-refractivity contribution is -0.136. The number of nitrogens with zero attached hydrogens (tertiary/aromatic N) is 3. The molecule has 3 rings (SSSR count). The van der Waals surface area contributed by atoms with Crippen LogP contribution < -0.4 is 4.90 Å². The molecular formula is C19H24N4O3. The molecule has 1 aliphatic rings. The number of benzene rings is 1. The second kappa shape index (κ2) is 8.14. The summed E-state index contributed by atoms with van der Waals surface area (Å²) < 4.78 is 4.91. The molecule has 0 atom stereocenters. The Labute approximate surface area is 152 Å². The number of piperidine rings is 1. The van der Waals surface area contributed by atoms with Gasteiger partial charge >= 0.3 is 0 Å². The summed E-state index contributed by atoms with van der Waals surface area (Å²) in [6.45, 7) is 1.51. The molecule has 1 saturated heterocycles. The highest BCUT2D eigenvalue weighted by Gasteiger charge is 2.26. The topological polar surface area (TPSA) is 78.5 Å². The average Bonchev–Trinajstić information content (AvgIpc) is 3.18. The highest BCUT2D eigenvalue weighted by Crippen LogP contribution is 2.27. The maximum absolute atomic E-state index is 12.6. The molecule has 138 valence electrons. The van der Waals surface area contributed by atoms with Crippen LogP contribution in [0.15, 0.2) is 36.4 Å². The van der Waals surface area contributed by atoms with Crippen LogP contribution in [0.5, 0.6) is 0 Å². The van der Waals surface area contributed by atoms with Crippen LogP contribution in [0, 0.1) is 0 Å². The van der Waals surface area contributed by atoms with E-state index in [4.69, 9.17) is 4.74 Å². The lowest BCUT2D eigenvalue weighted by atomic mass is 9.93. The van der Waals surface area contributed by atoms with Gasteiger partial charge in [0.1, 0.15) is 6.61 Å². The molecule has 1 N–H and O–H groups in total. The number of para-hydroxylation sites is 1. The fraction of sp³-hybridized carbons (Fsp3) is 0.421. The Kier molecular flexibility index (Phi) is 5.68. The van der Waals surface area contributed by atoms with Crippen LogP contribution in [0.4, 0.5) is 5.69 Å². The van der Waals surface area contributed by atoms with E-state index in [1.54, 1.807) is 11.9 Å². The molecular weight excluding hydrogens is 332 g/mol. The molecule has 1 aliphatic heterocycles. The van der Waals surface area contributed by atoms with Gasteiger partial charge in [0.25, 0.3) is 5.91 Å². The van der Waals surface area contributed by atoms with Crippen molar-refractivity contribution < 1.29 is 14.3 Å². The zero-order valence-corrected chi connectivity index (χ0v) is 15.1. The van der Waals surface area contributed by atoms with Gasteiger partial charge in [0.2, 0.25) is 5.91 Å². The molecule has 26 heavy (non-hydrogen) atoms. The molecule has 2 aromatic rings. The third-order valence-electron chi connectivity index (χ3n) is 4.82. The zero-order valence-electron chi connectivity index (χ0n) is 15.1. The van der Waals surface area contributed by atoms with E-state index in [2.05, 4.69) is 10.2 Å². The van der Waals surface area contributed by atoms with Gasteiger partial charge in [0.05, 0.1) is 0 Å². The largest absolute Gasteiger partial charge is 0.375 e. The van der Waals surface area contributed by atoms with Crippen LogP contribution in [0.2, 0.25) is 0 Å². The number of aromatic amines is 1. The van der Waals surface area contributed by atoms with E-state index in [0.717, 1.165) is 24.2 Å². The standard InChI is InChI=1S/C19H24N4O3/c1-22(15-6-4-3-5-7-15)19(25)17-12-16(20-21-17)14-8-10-23(11-9-14)18(24)13-26-2/h3-7,12,14H,8-11,13H2,1-2H3,(H,20,21). The maximum Gasteiger partial charge on any atom is 0.278 e. The first-order valence-electron chi connectivity index (χ1n) is 8.75. The predicted molar refractivity (Wildman–Crippen MR) is 98.2 cm³/mol. The molecule has 0 unspecified atom stereocenters. The van der Waals surface area contributed by atoms with E-state index in [9.17, 15) is 9.59 Å². The number of rotatable bonds is 5. The van der Waals surface area contributed by atoms with Crippen molar-refractivity contribution in [2.45, 2.75) is 18.8 Å². The Morgan fingerprint density at radius 1 is 1.27 bits per heavy atom. The van der Waals surface area contributed by atoms with E-state index >= 15 is 0 Å². The molecule has 7 nitrogen and oxygen atoms in total. The number of aromatic nitrogens is 2. The van der Waals surface area contributed by atoms with Crippen molar-refractivity contribution in [2.75, 3.05) is 38.8 Å². The Balaban J connectivity index is 1.62. The van der Waals surface area contributed by atoms with Crippen molar-refractivity contribution in [3.63, 3.8) is 0 Å². The van der Waals surface area contributed by atoms with Crippen molar-refractivity contribution in [1.82, 2.24) is 15.1 Å². The van der Waals surface area contributed by atoms with E-state index in [0.29, 0.717) is 18.8 Å². The summed E-state index contributed by atoms with van der Waals surface area (Å²) >= 11 is 0. The summed E-state index contributed by atoms with van der Waals surface area (Å²) in [7, 11) is 3.27. The van der Waals surface area contributed by atoms with Gasteiger partial charge in [-0.3, -0.25) is 14.7 Å². The quantitative estimate of drug-likeness (QED) is 0.889. The van der Waals surface area contributed by atoms with Crippen LogP contribution in [0.25, 0.3) is 0 Å². The molecule has 0 saturated carbocycles. The summed E-state index contributed by atoms with van der Waals surface area (Å²) in [5.74, 6) is 0.153. The minimum Gasteiger partial charge on any atom is -0.375 e. The normalized spacial score (nSPS) is 15.1. The highest BCUT2D eigenvalue weighted by molar-refractivity contribution is 6.04. The van der Waals surface area contributed by atoms with Crippen molar-refractivity contribution >= 4 is 17.5 Å². The number of anilines is 1. The minimum absolute atomic E-state index is 0.0240. The number of hydrogen-bond acceptors (Lipinski definition) is 4. The third-order valence-corrected chi connectivity index (χ3v) is 4.82. The second-order valence-corrected chi connectivity index (χ2v) is 6.50. The second-order valence-electron chi connectivity index (χ2n) is 6.50. The van der Waals surface area contributed by atoms with Gasteiger partial charge in [-0.05, 0) is 31.0 Å². The van der Waals surface area contributed by atoms with Gasteiger partial charge in [-0.25, -0.2) is 0 Å². The van der Waals surface area contributed by atoms with E-state index in [1.165, 1.54) is 7.11 Å². The molecule has 7 heteroatoms. The average molecular weight is 356 g/mol. The number of nitrogens with one attached hydrogen (secondary N) is 1. The molecule has 0 aliphatic carbocycles. The fourth-order valence-electron chi connectivity index (χ4n) is 3.25. The van der Waals surface area contributed by atoms with E-state index < -0.39 is 0 Å². The molecule has 1 aromatic heterocycles. The van der Waals surface area contributed by atoms with Crippen molar-refractivity contribution in [3.05, 3.63) is 47.8 Å². The Hall–Kier alpha value is -2.67. The zero-order chi connectivity index (χ0) is 18.5. The number of carbonyl (C=O) groups excluding carboxylic acids is 2. The lowest BCUT2D eigenvalue weighted by Crippen LogP contribution is -2.39. The summed E-state index contributed by atoms with van der Waals surface area (Å²) in [4.78, 5) is 27.9. The SMILES string of the molecule is COCC(=O)N1CCC(c2cc(C(=O)N(C)c3ccccc3)n[nH]2)CC1. The first kappa shape index (κ1) is 18.1. The molecule has 0 radical (unpaired) electrons. The fourth-order valence-corrected chi connectivity index (χ4v) is 3.25. The molecule has 2 amide bonds. The number of hydrogen-bond donors (Lipinski definition) is 1. The Morgan fingerprint density at radius 2 is 1.96 bits per heavy atom. The van der Waals surface area contributed by atoms with Crippen molar-refractivity contribution in [1.29, 1.82) is 0 Å². The summed E-state index contributed by atoms with van der Waals surface area (Å²) in [5, 5.41) is 7.21. The van der Waals surface area contributed by atoms with Gasteiger partial charge in [0.15, 0.2) is 5.69 Å². The summed E-state index contributed by atoms with van der Waals surface area (Å²) in [6, 6.07) is 11.3. The van der Waals surface area contributed by atoms with Crippen LogP contribution >= 0.6 is 0 Å². The monoisotopic (exact) mass is 356 g/mol. The van der Waals surface area contributed by atoms with Crippen LogP contribution in [-0.4, -0.2) is 60.8 Å². The summed E-state index contributed by atoms with van der Waals surface area (Å²) in [5.41, 5.74) is 2.19.